The van der Waals surface area contributed by atoms with E-state index in [4.69, 9.17) is 27.9 Å². The number of carbonyl (C=O) groups is 2. The fourth-order valence-corrected chi connectivity index (χ4v) is 7.13. The number of anilines is 1. The molecule has 1 atom stereocenters. The van der Waals surface area contributed by atoms with E-state index in [0.29, 0.717) is 42.4 Å². The number of ether oxygens (including phenoxy) is 1. The van der Waals surface area contributed by atoms with Gasteiger partial charge in [0.25, 0.3) is 5.91 Å². The van der Waals surface area contributed by atoms with E-state index in [9.17, 15) is 14.7 Å². The zero-order chi connectivity index (χ0) is 33.0. The van der Waals surface area contributed by atoms with Crippen LogP contribution >= 0.6 is 23.2 Å². The van der Waals surface area contributed by atoms with E-state index in [1.54, 1.807) is 17.0 Å². The fraction of sp³-hybridized carbons (Fsp3) is 0.306. The van der Waals surface area contributed by atoms with Crippen LogP contribution in [-0.4, -0.2) is 44.0 Å². The first-order valence-electron chi connectivity index (χ1n) is 15.3. The lowest BCUT2D eigenvalue weighted by atomic mass is 9.98. The predicted molar refractivity (Wildman–Crippen MR) is 183 cm³/mol. The number of hydrogen-bond donors (Lipinski definition) is 1. The van der Waals surface area contributed by atoms with Gasteiger partial charge in [0.05, 0.1) is 34.4 Å². The van der Waals surface area contributed by atoms with Crippen molar-refractivity contribution in [3.63, 3.8) is 0 Å². The Bertz CT molecular complexity index is 2000. The van der Waals surface area contributed by atoms with Crippen molar-refractivity contribution in [3.05, 3.63) is 97.9 Å². The molecule has 2 aromatic heterocycles. The first-order valence-corrected chi connectivity index (χ1v) is 16.0. The number of aromatic nitrogens is 3. The number of benzene rings is 3. The molecule has 3 aromatic carbocycles. The third kappa shape index (κ3) is 5.33. The zero-order valence-corrected chi connectivity index (χ0v) is 28.3. The van der Waals surface area contributed by atoms with Crippen LogP contribution in [0.3, 0.4) is 0 Å². The number of carboxylic acids is 1. The number of aryl methyl sites for hydroxylation is 5. The predicted octanol–water partition coefficient (Wildman–Crippen LogP) is 8.34. The Kier molecular flexibility index (Phi) is 8.38. The van der Waals surface area contributed by atoms with Crippen LogP contribution in [0.2, 0.25) is 10.0 Å². The molecule has 0 bridgehead atoms. The normalized spacial score (nSPS) is 14.7. The van der Waals surface area contributed by atoms with Gasteiger partial charge in [-0.3, -0.25) is 9.48 Å². The summed E-state index contributed by atoms with van der Waals surface area (Å²) in [5.74, 6) is -0.385. The number of aromatic carboxylic acids is 1. The average molecular weight is 660 g/mol. The second kappa shape index (κ2) is 12.2. The molecule has 10 heteroatoms. The fourth-order valence-electron chi connectivity index (χ4n) is 6.77. The van der Waals surface area contributed by atoms with Crippen LogP contribution in [-0.2, 0) is 20.0 Å². The van der Waals surface area contributed by atoms with Gasteiger partial charge in [-0.25, -0.2) is 4.79 Å². The van der Waals surface area contributed by atoms with Gasteiger partial charge in [0.2, 0.25) is 0 Å². The van der Waals surface area contributed by atoms with E-state index in [-0.39, 0.29) is 17.5 Å². The molecule has 8 nitrogen and oxygen atoms in total. The van der Waals surface area contributed by atoms with Crippen LogP contribution in [0.25, 0.3) is 22.0 Å². The Morgan fingerprint density at radius 3 is 2.30 bits per heavy atom. The maximum atomic E-state index is 14.6. The molecule has 238 valence electrons. The number of hydrogen-bond acceptors (Lipinski definition) is 4. The largest absolute Gasteiger partial charge is 0.494 e. The molecule has 0 aliphatic carbocycles. The van der Waals surface area contributed by atoms with E-state index in [1.807, 2.05) is 70.6 Å². The highest BCUT2D eigenvalue weighted by molar-refractivity contribution is 6.35. The number of carboxylic acid groups (broad SMARTS) is 1. The molecule has 6 rings (SSSR count). The molecular weight excluding hydrogens is 623 g/mol. The van der Waals surface area contributed by atoms with Crippen molar-refractivity contribution in [3.8, 4) is 16.9 Å². The summed E-state index contributed by atoms with van der Waals surface area (Å²) >= 11 is 13.3. The molecule has 5 aromatic rings. The van der Waals surface area contributed by atoms with Crippen molar-refractivity contribution >= 4 is 51.7 Å². The second-order valence-electron chi connectivity index (χ2n) is 12.1. The summed E-state index contributed by atoms with van der Waals surface area (Å²) in [5.41, 5.74) is 8.90. The summed E-state index contributed by atoms with van der Waals surface area (Å²) in [7, 11) is 1.92. The number of fused-ring (bicyclic) bond motifs is 3. The van der Waals surface area contributed by atoms with E-state index in [0.717, 1.165) is 60.9 Å². The molecule has 1 N–H and O–H groups in total. The summed E-state index contributed by atoms with van der Waals surface area (Å²) < 4.78 is 10.1. The van der Waals surface area contributed by atoms with Crippen molar-refractivity contribution in [1.82, 2.24) is 14.3 Å². The molecule has 0 fully saturated rings. The van der Waals surface area contributed by atoms with Gasteiger partial charge in [-0.1, -0.05) is 29.3 Å². The van der Waals surface area contributed by atoms with Crippen molar-refractivity contribution < 1.29 is 19.4 Å². The van der Waals surface area contributed by atoms with Gasteiger partial charge in [-0.05, 0) is 107 Å². The minimum Gasteiger partial charge on any atom is -0.494 e. The lowest BCUT2D eigenvalue weighted by molar-refractivity contribution is 0.0696. The molecule has 0 spiro atoms. The van der Waals surface area contributed by atoms with E-state index >= 15 is 0 Å². The topological polar surface area (TPSA) is 89.6 Å². The zero-order valence-electron chi connectivity index (χ0n) is 26.7. The summed E-state index contributed by atoms with van der Waals surface area (Å²) in [6, 6.07) is 14.1. The Morgan fingerprint density at radius 2 is 1.70 bits per heavy atom. The minimum atomic E-state index is -1.01. The second-order valence-corrected chi connectivity index (χ2v) is 12.9. The van der Waals surface area contributed by atoms with Crippen molar-refractivity contribution in [2.45, 2.75) is 60.0 Å². The molecule has 1 amide bonds. The highest BCUT2D eigenvalue weighted by Crippen LogP contribution is 2.44. The average Bonchev–Trinajstić information content (AvgIpc) is 3.45. The third-order valence-electron chi connectivity index (χ3n) is 8.99. The Morgan fingerprint density at radius 1 is 1.02 bits per heavy atom. The van der Waals surface area contributed by atoms with Gasteiger partial charge >= 0.3 is 5.97 Å². The summed E-state index contributed by atoms with van der Waals surface area (Å²) in [6.45, 7) is 10.9. The monoisotopic (exact) mass is 658 g/mol. The van der Waals surface area contributed by atoms with Crippen molar-refractivity contribution in [2.75, 3.05) is 11.5 Å². The van der Waals surface area contributed by atoms with Crippen LogP contribution in [0.15, 0.2) is 48.5 Å². The number of rotatable bonds is 8. The van der Waals surface area contributed by atoms with Crippen LogP contribution in [0.4, 0.5) is 5.69 Å². The van der Waals surface area contributed by atoms with E-state index in [1.165, 1.54) is 12.1 Å². The lowest BCUT2D eigenvalue weighted by Gasteiger charge is -2.35. The minimum absolute atomic E-state index is 0.139. The number of carbonyl (C=O) groups excluding carboxylic acids is 1. The highest BCUT2D eigenvalue weighted by Gasteiger charge is 2.37. The molecule has 46 heavy (non-hydrogen) atoms. The maximum Gasteiger partial charge on any atom is 0.335 e. The molecule has 0 saturated carbocycles. The number of nitrogens with zero attached hydrogens (tertiary/aromatic N) is 4. The quantitative estimate of drug-likeness (QED) is 0.169. The Balaban J connectivity index is 1.46. The standard InChI is InChI=1S/C36H36Cl2N4O4/c1-19-16-26(17-20(2)32(19)38)46-15-7-8-27-28-13-14-29(37)31(30-22(4)39-40(6)23(30)5)33(28)41-18-21(3)42(35(43)34(27)41)25-11-9-24(10-12-25)36(44)45/h9-14,16-17,21H,7-8,15,18H2,1-6H3,(H,44,45). The number of amides is 1. The maximum absolute atomic E-state index is 14.6. The van der Waals surface area contributed by atoms with Gasteiger partial charge < -0.3 is 19.3 Å². The summed E-state index contributed by atoms with van der Waals surface area (Å²) in [5, 5.41) is 16.4. The van der Waals surface area contributed by atoms with Crippen LogP contribution < -0.4 is 9.64 Å². The van der Waals surface area contributed by atoms with Crippen molar-refractivity contribution in [1.29, 1.82) is 0 Å². The van der Waals surface area contributed by atoms with Crippen LogP contribution in [0.1, 0.15) is 62.3 Å². The highest BCUT2D eigenvalue weighted by atomic mass is 35.5. The van der Waals surface area contributed by atoms with Crippen molar-refractivity contribution in [2.24, 2.45) is 7.05 Å². The van der Waals surface area contributed by atoms with Gasteiger partial charge in [-0.15, -0.1) is 0 Å². The Hall–Kier alpha value is -4.27. The summed E-state index contributed by atoms with van der Waals surface area (Å²) in [4.78, 5) is 27.8. The molecule has 3 heterocycles. The molecule has 1 aliphatic rings. The van der Waals surface area contributed by atoms with E-state index in [2.05, 4.69) is 9.67 Å². The first kappa shape index (κ1) is 31.7. The smallest absolute Gasteiger partial charge is 0.335 e. The Labute approximate surface area is 278 Å². The molecule has 0 saturated heterocycles. The SMILES string of the molecule is Cc1cc(OCCCc2c3n(c4c(-c5c(C)nn(C)c5C)c(Cl)ccc24)CC(C)N(c2ccc(C(=O)O)cc2)C3=O)cc(C)c1Cl. The van der Waals surface area contributed by atoms with Crippen LogP contribution in [0, 0.1) is 27.7 Å². The van der Waals surface area contributed by atoms with Gasteiger partial charge in [0.1, 0.15) is 11.4 Å². The summed E-state index contributed by atoms with van der Waals surface area (Å²) in [6.07, 6.45) is 1.27. The van der Waals surface area contributed by atoms with E-state index < -0.39 is 5.97 Å². The van der Waals surface area contributed by atoms with Gasteiger partial charge in [-0.2, -0.15) is 5.10 Å². The molecule has 1 aliphatic heterocycles. The van der Waals surface area contributed by atoms with Crippen LogP contribution in [0.5, 0.6) is 5.75 Å². The molecule has 1 unspecified atom stereocenters. The van der Waals surface area contributed by atoms with Gasteiger partial charge in [0, 0.05) is 46.5 Å². The van der Waals surface area contributed by atoms with Gasteiger partial charge in [0.15, 0.2) is 0 Å². The third-order valence-corrected chi connectivity index (χ3v) is 9.90. The molecule has 0 radical (unpaired) electrons. The lowest BCUT2D eigenvalue weighted by Crippen LogP contribution is -2.47. The number of halogens is 2. The molecular formula is C36H36Cl2N4O4. The first-order chi connectivity index (χ1) is 21.9.